The topological polar surface area (TPSA) is 75.6 Å². The fourth-order valence-electron chi connectivity index (χ4n) is 2.39. The highest BCUT2D eigenvalue weighted by atomic mass is 79.9. The maximum absolute atomic E-state index is 13.4. The molecule has 0 radical (unpaired) electrons. The minimum Gasteiger partial charge on any atom is -0.464 e. The van der Waals surface area contributed by atoms with E-state index >= 15 is 0 Å². The standard InChI is InChI=1S/C19H19BrFNO4/c1-2-26-19(25)17(23)16(10-12-6-4-3-5-7-12)22-18(24)13-8-9-15(21)14(20)11-13/h3-9,11,16-17,23H,2,10H2,1H3,(H,22,24)/t16-,17-/m1/s1. The van der Waals surface area contributed by atoms with E-state index < -0.39 is 29.8 Å². The van der Waals surface area contributed by atoms with Crippen molar-refractivity contribution in [3.8, 4) is 0 Å². The number of esters is 1. The average Bonchev–Trinajstić information content (AvgIpc) is 2.63. The summed E-state index contributed by atoms with van der Waals surface area (Å²) in [6, 6.07) is 12.1. The molecule has 7 heteroatoms. The maximum Gasteiger partial charge on any atom is 0.337 e. The lowest BCUT2D eigenvalue weighted by molar-refractivity contribution is -0.154. The first-order chi connectivity index (χ1) is 12.4. The number of rotatable bonds is 7. The molecule has 2 aromatic carbocycles. The predicted molar refractivity (Wildman–Crippen MR) is 98.1 cm³/mol. The monoisotopic (exact) mass is 423 g/mol. The highest BCUT2D eigenvalue weighted by Crippen LogP contribution is 2.17. The minimum atomic E-state index is -1.53. The molecule has 2 rings (SSSR count). The van der Waals surface area contributed by atoms with Crippen LogP contribution < -0.4 is 5.32 Å². The Hall–Kier alpha value is -2.25. The van der Waals surface area contributed by atoms with Gasteiger partial charge in [0.1, 0.15) is 5.82 Å². The normalized spacial score (nSPS) is 12.9. The highest BCUT2D eigenvalue weighted by molar-refractivity contribution is 9.10. The van der Waals surface area contributed by atoms with E-state index in [1.165, 1.54) is 12.1 Å². The second kappa shape index (κ2) is 9.45. The van der Waals surface area contributed by atoms with Gasteiger partial charge in [0.2, 0.25) is 0 Å². The van der Waals surface area contributed by atoms with Gasteiger partial charge in [-0.1, -0.05) is 30.3 Å². The van der Waals surface area contributed by atoms with Crippen molar-refractivity contribution in [2.45, 2.75) is 25.5 Å². The lowest BCUT2D eigenvalue weighted by Gasteiger charge is -2.23. The summed E-state index contributed by atoms with van der Waals surface area (Å²) in [6.07, 6.45) is -1.29. The minimum absolute atomic E-state index is 0.118. The molecule has 0 fully saturated rings. The van der Waals surface area contributed by atoms with Crippen LogP contribution in [-0.4, -0.2) is 35.7 Å². The summed E-state index contributed by atoms with van der Waals surface area (Å²) in [6.45, 7) is 1.75. The largest absolute Gasteiger partial charge is 0.464 e. The number of carbonyl (C=O) groups is 2. The summed E-state index contributed by atoms with van der Waals surface area (Å²) < 4.78 is 18.3. The van der Waals surface area contributed by atoms with Crippen LogP contribution in [0.1, 0.15) is 22.8 Å². The molecule has 2 N–H and O–H groups in total. The van der Waals surface area contributed by atoms with Crippen molar-refractivity contribution >= 4 is 27.8 Å². The van der Waals surface area contributed by atoms with Crippen molar-refractivity contribution in [1.29, 1.82) is 0 Å². The molecule has 0 saturated heterocycles. The first kappa shape index (κ1) is 20.1. The summed E-state index contributed by atoms with van der Waals surface area (Å²) in [7, 11) is 0. The predicted octanol–water partition coefficient (Wildman–Crippen LogP) is 2.85. The Kier molecular flexibility index (Phi) is 7.29. The van der Waals surface area contributed by atoms with Crippen LogP contribution in [-0.2, 0) is 16.0 Å². The zero-order valence-corrected chi connectivity index (χ0v) is 15.7. The number of halogens is 2. The number of carbonyl (C=O) groups excluding carboxylic acids is 2. The molecule has 0 aliphatic rings. The maximum atomic E-state index is 13.4. The molecule has 138 valence electrons. The number of aliphatic hydroxyl groups excluding tert-OH is 1. The van der Waals surface area contributed by atoms with Crippen LogP contribution >= 0.6 is 15.9 Å². The van der Waals surface area contributed by atoms with E-state index in [0.29, 0.717) is 0 Å². The van der Waals surface area contributed by atoms with Gasteiger partial charge in [-0.15, -0.1) is 0 Å². The Labute approximate surface area is 159 Å². The lowest BCUT2D eigenvalue weighted by atomic mass is 10.0. The van der Waals surface area contributed by atoms with Gasteiger partial charge < -0.3 is 15.2 Å². The molecular formula is C19H19BrFNO4. The molecule has 1 amide bonds. The van der Waals surface area contributed by atoms with Crippen LogP contribution in [0.15, 0.2) is 53.0 Å². The zero-order valence-electron chi connectivity index (χ0n) is 14.1. The molecule has 0 aromatic heterocycles. The van der Waals surface area contributed by atoms with Gasteiger partial charge in [-0.05, 0) is 53.0 Å². The Morgan fingerprint density at radius 3 is 2.54 bits per heavy atom. The molecular weight excluding hydrogens is 405 g/mol. The number of amides is 1. The Balaban J connectivity index is 2.20. The van der Waals surface area contributed by atoms with E-state index in [1.807, 2.05) is 30.3 Å². The molecule has 0 aliphatic carbocycles. The summed E-state index contributed by atoms with van der Waals surface area (Å²) in [5.41, 5.74) is 1.04. The molecule has 5 nitrogen and oxygen atoms in total. The van der Waals surface area contributed by atoms with Crippen LogP contribution in [0, 0.1) is 5.82 Å². The fourth-order valence-corrected chi connectivity index (χ4v) is 2.77. The van der Waals surface area contributed by atoms with Crippen molar-refractivity contribution < 1.29 is 23.8 Å². The van der Waals surface area contributed by atoms with Crippen molar-refractivity contribution in [3.63, 3.8) is 0 Å². The first-order valence-electron chi connectivity index (χ1n) is 8.07. The summed E-state index contributed by atoms with van der Waals surface area (Å²) >= 11 is 3.03. The van der Waals surface area contributed by atoms with E-state index in [4.69, 9.17) is 4.74 Å². The van der Waals surface area contributed by atoms with Crippen LogP contribution in [0.3, 0.4) is 0 Å². The molecule has 0 unspecified atom stereocenters. The van der Waals surface area contributed by atoms with E-state index in [-0.39, 0.29) is 23.1 Å². The quantitative estimate of drug-likeness (QED) is 0.671. The lowest BCUT2D eigenvalue weighted by Crippen LogP contribution is -2.48. The van der Waals surface area contributed by atoms with Gasteiger partial charge in [-0.25, -0.2) is 9.18 Å². The Morgan fingerprint density at radius 1 is 1.23 bits per heavy atom. The third-order valence-electron chi connectivity index (χ3n) is 3.71. The molecule has 2 aromatic rings. The fraction of sp³-hybridized carbons (Fsp3) is 0.263. The van der Waals surface area contributed by atoms with Crippen molar-refractivity contribution in [1.82, 2.24) is 5.32 Å². The van der Waals surface area contributed by atoms with Gasteiger partial charge in [0.15, 0.2) is 6.10 Å². The summed E-state index contributed by atoms with van der Waals surface area (Å²) in [5, 5.41) is 12.9. The smallest absolute Gasteiger partial charge is 0.337 e. The SMILES string of the molecule is CCOC(=O)[C@H](O)[C@@H](Cc1ccccc1)NC(=O)c1ccc(F)c(Br)c1. The molecule has 0 heterocycles. The third-order valence-corrected chi connectivity index (χ3v) is 4.31. The number of ether oxygens (including phenoxy) is 1. The zero-order chi connectivity index (χ0) is 19.1. The third kappa shape index (κ3) is 5.37. The molecule has 0 bridgehead atoms. The van der Waals surface area contributed by atoms with Crippen LogP contribution in [0.5, 0.6) is 0 Å². The van der Waals surface area contributed by atoms with Gasteiger partial charge in [-0.3, -0.25) is 4.79 Å². The van der Waals surface area contributed by atoms with E-state index in [0.717, 1.165) is 11.6 Å². The van der Waals surface area contributed by atoms with Gasteiger partial charge in [0.25, 0.3) is 5.91 Å². The van der Waals surface area contributed by atoms with E-state index in [1.54, 1.807) is 6.92 Å². The second-order valence-electron chi connectivity index (χ2n) is 5.60. The number of aliphatic hydroxyl groups is 1. The van der Waals surface area contributed by atoms with Crippen LogP contribution in [0.4, 0.5) is 4.39 Å². The number of hydrogen-bond donors (Lipinski definition) is 2. The number of hydrogen-bond acceptors (Lipinski definition) is 4. The van der Waals surface area contributed by atoms with E-state index in [2.05, 4.69) is 21.2 Å². The summed E-state index contributed by atoms with van der Waals surface area (Å²) in [4.78, 5) is 24.4. The average molecular weight is 424 g/mol. The van der Waals surface area contributed by atoms with Gasteiger partial charge in [0, 0.05) is 5.56 Å². The van der Waals surface area contributed by atoms with Crippen molar-refractivity contribution in [3.05, 3.63) is 69.9 Å². The van der Waals surface area contributed by atoms with Gasteiger partial charge in [0.05, 0.1) is 17.1 Å². The number of benzene rings is 2. The molecule has 2 atom stereocenters. The second-order valence-corrected chi connectivity index (χ2v) is 6.45. The summed E-state index contributed by atoms with van der Waals surface area (Å²) in [5.74, 6) is -1.84. The van der Waals surface area contributed by atoms with Crippen LogP contribution in [0.25, 0.3) is 0 Å². The van der Waals surface area contributed by atoms with Gasteiger partial charge >= 0.3 is 5.97 Å². The Bertz CT molecular complexity index is 769. The Morgan fingerprint density at radius 2 is 1.92 bits per heavy atom. The first-order valence-corrected chi connectivity index (χ1v) is 8.86. The number of nitrogens with one attached hydrogen (secondary N) is 1. The van der Waals surface area contributed by atoms with E-state index in [9.17, 15) is 19.1 Å². The molecule has 26 heavy (non-hydrogen) atoms. The van der Waals surface area contributed by atoms with Crippen molar-refractivity contribution in [2.75, 3.05) is 6.61 Å². The molecule has 0 spiro atoms. The molecule has 0 aliphatic heterocycles. The van der Waals surface area contributed by atoms with Gasteiger partial charge in [-0.2, -0.15) is 0 Å². The van der Waals surface area contributed by atoms with Crippen LogP contribution in [0.2, 0.25) is 0 Å². The van der Waals surface area contributed by atoms with Crippen molar-refractivity contribution in [2.24, 2.45) is 0 Å². The highest BCUT2D eigenvalue weighted by Gasteiger charge is 2.29. The molecule has 0 saturated carbocycles.